The number of thioether (sulfide) groups is 1. The summed E-state index contributed by atoms with van der Waals surface area (Å²) in [5.74, 6) is 2.65. The highest BCUT2D eigenvalue weighted by atomic mass is 32.2. The monoisotopic (exact) mass is 270 g/mol. The molecule has 2 nitrogen and oxygen atoms in total. The molecule has 0 radical (unpaired) electrons. The van der Waals surface area contributed by atoms with Crippen LogP contribution in [0, 0.1) is 5.41 Å². The van der Waals surface area contributed by atoms with E-state index in [9.17, 15) is 0 Å². The average molecular weight is 270 g/mol. The Morgan fingerprint density at radius 3 is 2.72 bits per heavy atom. The van der Waals surface area contributed by atoms with Crippen molar-refractivity contribution in [1.29, 1.82) is 0 Å². The minimum Gasteiger partial charge on any atom is -0.313 e. The molecule has 106 valence electrons. The van der Waals surface area contributed by atoms with Gasteiger partial charge in [0.1, 0.15) is 0 Å². The molecule has 0 saturated carbocycles. The van der Waals surface area contributed by atoms with E-state index < -0.39 is 0 Å². The predicted molar refractivity (Wildman–Crippen MR) is 82.4 cm³/mol. The summed E-state index contributed by atoms with van der Waals surface area (Å²) >= 11 is 2.12. The zero-order chi connectivity index (χ0) is 12.8. The van der Waals surface area contributed by atoms with Gasteiger partial charge in [0.05, 0.1) is 0 Å². The summed E-state index contributed by atoms with van der Waals surface area (Å²) in [5.41, 5.74) is 0.496. The molecular weight excluding hydrogens is 240 g/mol. The van der Waals surface area contributed by atoms with E-state index in [1.807, 2.05) is 0 Å². The fraction of sp³-hybridized carbons (Fsp3) is 1.00. The third-order valence-electron chi connectivity index (χ3n) is 4.61. The first-order valence-electron chi connectivity index (χ1n) is 7.72. The number of hydrogen-bond donors (Lipinski definition) is 1. The van der Waals surface area contributed by atoms with Crippen molar-refractivity contribution in [3.8, 4) is 0 Å². The van der Waals surface area contributed by atoms with Crippen LogP contribution in [0.2, 0.25) is 0 Å². The number of rotatable bonds is 5. The first-order valence-corrected chi connectivity index (χ1v) is 8.87. The van der Waals surface area contributed by atoms with E-state index in [2.05, 4.69) is 35.8 Å². The fourth-order valence-electron chi connectivity index (χ4n) is 3.03. The molecule has 1 N–H and O–H groups in total. The number of likely N-dealkylation sites (tertiary alicyclic amines) is 1. The highest BCUT2D eigenvalue weighted by Gasteiger charge is 2.31. The summed E-state index contributed by atoms with van der Waals surface area (Å²) < 4.78 is 0. The van der Waals surface area contributed by atoms with E-state index in [0.29, 0.717) is 5.41 Å². The molecule has 2 saturated heterocycles. The lowest BCUT2D eigenvalue weighted by molar-refractivity contribution is 0.214. The van der Waals surface area contributed by atoms with Crippen molar-refractivity contribution >= 4 is 11.8 Å². The highest BCUT2D eigenvalue weighted by molar-refractivity contribution is 7.99. The van der Waals surface area contributed by atoms with Gasteiger partial charge in [0.2, 0.25) is 0 Å². The van der Waals surface area contributed by atoms with E-state index in [1.54, 1.807) is 0 Å². The Kier molecular flexibility index (Phi) is 5.84. The highest BCUT2D eigenvalue weighted by Crippen LogP contribution is 2.33. The van der Waals surface area contributed by atoms with Crippen molar-refractivity contribution in [3.05, 3.63) is 0 Å². The molecule has 1 atom stereocenters. The van der Waals surface area contributed by atoms with Gasteiger partial charge in [0, 0.05) is 11.8 Å². The van der Waals surface area contributed by atoms with Crippen molar-refractivity contribution in [2.45, 2.75) is 52.0 Å². The van der Waals surface area contributed by atoms with Gasteiger partial charge in [-0.25, -0.2) is 0 Å². The van der Waals surface area contributed by atoms with Crippen LogP contribution in [0.15, 0.2) is 0 Å². The zero-order valence-corrected chi connectivity index (χ0v) is 13.0. The average Bonchev–Trinajstić information content (AvgIpc) is 2.37. The van der Waals surface area contributed by atoms with Gasteiger partial charge in [0.25, 0.3) is 0 Å². The molecule has 1 unspecified atom stereocenters. The molecule has 2 aliphatic heterocycles. The van der Waals surface area contributed by atoms with E-state index in [0.717, 1.165) is 6.04 Å². The molecule has 2 fully saturated rings. The molecule has 0 amide bonds. The summed E-state index contributed by atoms with van der Waals surface area (Å²) in [7, 11) is 0. The minimum atomic E-state index is 0.496. The van der Waals surface area contributed by atoms with Crippen molar-refractivity contribution in [2.75, 3.05) is 37.7 Å². The lowest BCUT2D eigenvalue weighted by Crippen LogP contribution is -2.47. The maximum absolute atomic E-state index is 3.80. The smallest absolute Gasteiger partial charge is 0.0209 e. The minimum absolute atomic E-state index is 0.496. The Bertz CT molecular complexity index is 237. The largest absolute Gasteiger partial charge is 0.313 e. The maximum atomic E-state index is 3.80. The molecule has 2 heterocycles. The summed E-state index contributed by atoms with van der Waals surface area (Å²) in [5, 5.41) is 3.80. The van der Waals surface area contributed by atoms with Gasteiger partial charge in [-0.1, -0.05) is 20.3 Å². The van der Waals surface area contributed by atoms with Crippen LogP contribution in [0.25, 0.3) is 0 Å². The van der Waals surface area contributed by atoms with Gasteiger partial charge in [-0.2, -0.15) is 11.8 Å². The summed E-state index contributed by atoms with van der Waals surface area (Å²) in [6.45, 7) is 10.0. The van der Waals surface area contributed by atoms with Crippen LogP contribution < -0.4 is 5.32 Å². The molecule has 0 bridgehead atoms. The summed E-state index contributed by atoms with van der Waals surface area (Å²) in [4.78, 5) is 2.64. The first kappa shape index (κ1) is 14.7. The number of hydrogen-bond acceptors (Lipinski definition) is 3. The molecular formula is C15H30N2S. The Labute approximate surface area is 117 Å². The second-order valence-corrected chi connectivity index (χ2v) is 7.73. The van der Waals surface area contributed by atoms with Crippen molar-refractivity contribution in [2.24, 2.45) is 5.41 Å². The lowest BCUT2D eigenvalue weighted by atomic mass is 9.82. The second kappa shape index (κ2) is 7.16. The van der Waals surface area contributed by atoms with Crippen molar-refractivity contribution in [1.82, 2.24) is 10.2 Å². The quantitative estimate of drug-likeness (QED) is 0.773. The Hall–Kier alpha value is 0.270. The molecule has 2 rings (SSSR count). The molecule has 18 heavy (non-hydrogen) atoms. The third-order valence-corrected chi connectivity index (χ3v) is 5.67. The van der Waals surface area contributed by atoms with Crippen LogP contribution in [-0.4, -0.2) is 48.6 Å². The molecule has 0 aliphatic carbocycles. The number of nitrogens with zero attached hydrogens (tertiary/aromatic N) is 1. The van der Waals surface area contributed by atoms with Crippen LogP contribution in [-0.2, 0) is 0 Å². The summed E-state index contributed by atoms with van der Waals surface area (Å²) in [6.07, 6.45) is 6.96. The maximum Gasteiger partial charge on any atom is 0.0209 e. The Morgan fingerprint density at radius 2 is 2.00 bits per heavy atom. The Balaban J connectivity index is 1.59. The fourth-order valence-corrected chi connectivity index (χ4v) is 4.68. The molecule has 0 aromatic rings. The third kappa shape index (κ3) is 4.43. The van der Waals surface area contributed by atoms with Crippen molar-refractivity contribution < 1.29 is 0 Å². The molecule has 3 heteroatoms. The molecule has 0 aromatic carbocycles. The van der Waals surface area contributed by atoms with E-state index in [1.165, 1.54) is 69.8 Å². The van der Waals surface area contributed by atoms with E-state index in [-0.39, 0.29) is 0 Å². The standard InChI is InChI=1S/C15H30N2S/c1-15(2)7-12-18-13-14(15)16-8-6-11-17-9-4-3-5-10-17/h14,16H,3-13H2,1-2H3. The summed E-state index contributed by atoms with van der Waals surface area (Å²) in [6, 6.07) is 0.720. The van der Waals surface area contributed by atoms with Crippen LogP contribution in [0.1, 0.15) is 46.0 Å². The molecule has 2 aliphatic rings. The van der Waals surface area contributed by atoms with Gasteiger partial charge in [-0.3, -0.25) is 0 Å². The SMILES string of the molecule is CC1(C)CCSCC1NCCCN1CCCCC1. The van der Waals surface area contributed by atoms with Crippen molar-refractivity contribution in [3.63, 3.8) is 0 Å². The van der Waals surface area contributed by atoms with Gasteiger partial charge < -0.3 is 10.2 Å². The van der Waals surface area contributed by atoms with Crippen LogP contribution in [0.5, 0.6) is 0 Å². The zero-order valence-electron chi connectivity index (χ0n) is 12.2. The van der Waals surface area contributed by atoms with Gasteiger partial charge >= 0.3 is 0 Å². The number of piperidine rings is 1. The first-order chi connectivity index (χ1) is 8.68. The lowest BCUT2D eigenvalue weighted by Gasteiger charge is -2.39. The van der Waals surface area contributed by atoms with Crippen LogP contribution in [0.4, 0.5) is 0 Å². The van der Waals surface area contributed by atoms with Gasteiger partial charge in [-0.15, -0.1) is 0 Å². The molecule has 0 aromatic heterocycles. The second-order valence-electron chi connectivity index (χ2n) is 6.58. The topological polar surface area (TPSA) is 15.3 Å². The van der Waals surface area contributed by atoms with Crippen LogP contribution >= 0.6 is 11.8 Å². The molecule has 0 spiro atoms. The van der Waals surface area contributed by atoms with Gasteiger partial charge in [0.15, 0.2) is 0 Å². The van der Waals surface area contributed by atoms with E-state index in [4.69, 9.17) is 0 Å². The van der Waals surface area contributed by atoms with E-state index >= 15 is 0 Å². The van der Waals surface area contributed by atoms with Crippen LogP contribution in [0.3, 0.4) is 0 Å². The normalized spacial score (nSPS) is 29.3. The van der Waals surface area contributed by atoms with Gasteiger partial charge in [-0.05, 0) is 63.0 Å². The Morgan fingerprint density at radius 1 is 1.22 bits per heavy atom. The predicted octanol–water partition coefficient (Wildman–Crippen LogP) is 2.98. The number of nitrogens with one attached hydrogen (secondary N) is 1.